The molecule has 2 unspecified atom stereocenters. The maximum atomic E-state index is 2.45. The molecule has 0 bridgehead atoms. The van der Waals surface area contributed by atoms with Crippen LogP contribution in [0.15, 0.2) is 140 Å². The van der Waals surface area contributed by atoms with E-state index in [1.54, 1.807) is 0 Å². The molecule has 0 N–H and O–H groups in total. The van der Waals surface area contributed by atoms with Gasteiger partial charge in [-0.3, -0.25) is 0 Å². The van der Waals surface area contributed by atoms with Crippen molar-refractivity contribution in [2.45, 2.75) is 25.3 Å². The Morgan fingerprint density at radius 2 is 1.08 bits per heavy atom. The van der Waals surface area contributed by atoms with Crippen LogP contribution in [0.3, 0.4) is 0 Å². The number of likely N-dealkylation sites (N-methyl/N-ethyl adjacent to an activating group) is 1. The minimum Gasteiger partial charge on any atom is -0.371 e. The molecule has 186 valence electrons. The Labute approximate surface area is 226 Å². The van der Waals surface area contributed by atoms with Crippen molar-refractivity contribution in [2.24, 2.45) is 0 Å². The normalized spacial score (nSPS) is 12.9. The summed E-state index contributed by atoms with van der Waals surface area (Å²) in [5, 5.41) is 5.15. The van der Waals surface area contributed by atoms with E-state index in [1.807, 2.05) is 0 Å². The van der Waals surface area contributed by atoms with Crippen LogP contribution in [0.2, 0.25) is 0 Å². The SMILES string of the molecule is CC(C(Cc1ccc(-c2ccccc2)cc1)c1ccc2ccccc2c1)N(C)c1ccc2ccccc2c1. The van der Waals surface area contributed by atoms with E-state index in [1.165, 1.54) is 49.5 Å². The van der Waals surface area contributed by atoms with Crippen molar-refractivity contribution >= 4 is 27.2 Å². The third-order valence-corrected chi connectivity index (χ3v) is 8.05. The third kappa shape index (κ3) is 4.93. The van der Waals surface area contributed by atoms with Gasteiger partial charge in [-0.15, -0.1) is 0 Å². The molecule has 0 amide bonds. The molecule has 6 aromatic carbocycles. The zero-order valence-corrected chi connectivity index (χ0v) is 22.1. The molecular weight excluding hydrogens is 458 g/mol. The summed E-state index contributed by atoms with van der Waals surface area (Å²) in [7, 11) is 2.24. The molecule has 0 aromatic heterocycles. The highest BCUT2D eigenvalue weighted by atomic mass is 15.1. The molecule has 38 heavy (non-hydrogen) atoms. The summed E-state index contributed by atoms with van der Waals surface area (Å²) >= 11 is 0. The van der Waals surface area contributed by atoms with E-state index in [-0.39, 0.29) is 0 Å². The van der Waals surface area contributed by atoms with Crippen LogP contribution < -0.4 is 4.90 Å². The van der Waals surface area contributed by atoms with Gasteiger partial charge in [0.05, 0.1) is 0 Å². The standard InChI is InChI=1S/C37H33N/c1-27(38(2)36-23-22-31-13-7-9-15-34(31)26-36)37(35-21-20-30-12-6-8-14-33(30)25-35)24-28-16-18-32(19-17-28)29-10-4-3-5-11-29/h3-23,25-27,37H,24H2,1-2H3. The van der Waals surface area contributed by atoms with Crippen molar-refractivity contribution < 1.29 is 0 Å². The van der Waals surface area contributed by atoms with E-state index >= 15 is 0 Å². The number of anilines is 1. The van der Waals surface area contributed by atoms with Gasteiger partial charge in [0.1, 0.15) is 0 Å². The minimum absolute atomic E-state index is 0.297. The highest BCUT2D eigenvalue weighted by Gasteiger charge is 2.24. The quantitative estimate of drug-likeness (QED) is 0.215. The molecule has 0 heterocycles. The van der Waals surface area contributed by atoms with Gasteiger partial charge in [0, 0.05) is 24.7 Å². The largest absolute Gasteiger partial charge is 0.371 e. The predicted octanol–water partition coefficient (Wildman–Crippen LogP) is 9.51. The van der Waals surface area contributed by atoms with Crippen LogP contribution in [-0.4, -0.2) is 13.1 Å². The van der Waals surface area contributed by atoms with Crippen LogP contribution in [0.5, 0.6) is 0 Å². The van der Waals surface area contributed by atoms with Gasteiger partial charge in [-0.25, -0.2) is 0 Å². The average molecular weight is 492 g/mol. The maximum Gasteiger partial charge on any atom is 0.0372 e. The van der Waals surface area contributed by atoms with Gasteiger partial charge >= 0.3 is 0 Å². The number of hydrogen-bond donors (Lipinski definition) is 0. The van der Waals surface area contributed by atoms with Gasteiger partial charge in [0.2, 0.25) is 0 Å². The molecule has 0 spiro atoms. The number of nitrogens with zero attached hydrogens (tertiary/aromatic N) is 1. The first-order chi connectivity index (χ1) is 18.7. The molecule has 0 saturated carbocycles. The van der Waals surface area contributed by atoms with Crippen molar-refractivity contribution in [3.05, 3.63) is 151 Å². The fraction of sp³-hybridized carbons (Fsp3) is 0.135. The molecule has 6 rings (SSSR count). The Bertz CT molecular complexity index is 1670. The van der Waals surface area contributed by atoms with E-state index in [9.17, 15) is 0 Å². The van der Waals surface area contributed by atoms with Crippen LogP contribution in [0, 0.1) is 0 Å². The zero-order valence-electron chi connectivity index (χ0n) is 22.1. The summed E-state index contributed by atoms with van der Waals surface area (Å²) in [6, 6.07) is 51.1. The summed E-state index contributed by atoms with van der Waals surface area (Å²) in [6.45, 7) is 2.37. The number of hydrogen-bond acceptors (Lipinski definition) is 1. The van der Waals surface area contributed by atoms with Gasteiger partial charge in [-0.05, 0) is 69.3 Å². The summed E-state index contributed by atoms with van der Waals surface area (Å²) in [6.07, 6.45) is 0.979. The first kappa shape index (κ1) is 24.0. The lowest BCUT2D eigenvalue weighted by Crippen LogP contribution is -2.35. The molecule has 0 aliphatic carbocycles. The van der Waals surface area contributed by atoms with Crippen molar-refractivity contribution in [2.75, 3.05) is 11.9 Å². The highest BCUT2D eigenvalue weighted by Crippen LogP contribution is 2.33. The summed E-state index contributed by atoms with van der Waals surface area (Å²) in [4.78, 5) is 2.45. The number of benzene rings is 6. The summed E-state index contributed by atoms with van der Waals surface area (Å²) < 4.78 is 0. The zero-order chi connectivity index (χ0) is 25.9. The minimum atomic E-state index is 0.297. The predicted molar refractivity (Wildman–Crippen MR) is 164 cm³/mol. The molecular formula is C37H33N. The van der Waals surface area contributed by atoms with Crippen molar-refractivity contribution in [3.63, 3.8) is 0 Å². The van der Waals surface area contributed by atoms with Crippen LogP contribution >= 0.6 is 0 Å². The fourth-order valence-electron chi connectivity index (χ4n) is 5.62. The Morgan fingerprint density at radius 1 is 0.526 bits per heavy atom. The highest BCUT2D eigenvalue weighted by molar-refractivity contribution is 5.86. The van der Waals surface area contributed by atoms with E-state index in [0.29, 0.717) is 12.0 Å². The lowest BCUT2D eigenvalue weighted by molar-refractivity contribution is 0.540. The van der Waals surface area contributed by atoms with E-state index < -0.39 is 0 Å². The smallest absolute Gasteiger partial charge is 0.0372 e. The van der Waals surface area contributed by atoms with Crippen molar-refractivity contribution in [1.29, 1.82) is 0 Å². The third-order valence-electron chi connectivity index (χ3n) is 8.05. The monoisotopic (exact) mass is 491 g/mol. The van der Waals surface area contributed by atoms with E-state index in [0.717, 1.165) is 6.42 Å². The van der Waals surface area contributed by atoms with Gasteiger partial charge in [0.15, 0.2) is 0 Å². The van der Waals surface area contributed by atoms with E-state index in [2.05, 4.69) is 158 Å². The fourth-order valence-corrected chi connectivity index (χ4v) is 5.62. The van der Waals surface area contributed by atoms with E-state index in [4.69, 9.17) is 0 Å². The second-order valence-corrected chi connectivity index (χ2v) is 10.4. The lowest BCUT2D eigenvalue weighted by Gasteiger charge is -2.34. The Kier molecular flexibility index (Phi) is 6.67. The molecule has 0 saturated heterocycles. The first-order valence-corrected chi connectivity index (χ1v) is 13.5. The maximum absolute atomic E-state index is 2.45. The van der Waals surface area contributed by atoms with Gasteiger partial charge in [0.25, 0.3) is 0 Å². The van der Waals surface area contributed by atoms with Crippen LogP contribution in [-0.2, 0) is 6.42 Å². The van der Waals surface area contributed by atoms with Crippen molar-refractivity contribution in [3.8, 4) is 11.1 Å². The molecule has 1 nitrogen and oxygen atoms in total. The molecule has 0 fully saturated rings. The molecule has 6 aromatic rings. The molecule has 1 heteroatoms. The second-order valence-electron chi connectivity index (χ2n) is 10.4. The number of fused-ring (bicyclic) bond motifs is 2. The van der Waals surface area contributed by atoms with Crippen LogP contribution in [0.1, 0.15) is 24.0 Å². The van der Waals surface area contributed by atoms with Crippen LogP contribution in [0.25, 0.3) is 32.7 Å². The first-order valence-electron chi connectivity index (χ1n) is 13.5. The Balaban J connectivity index is 1.35. The van der Waals surface area contributed by atoms with Gasteiger partial charge < -0.3 is 4.90 Å². The number of rotatable bonds is 7. The molecule has 0 aliphatic rings. The second kappa shape index (κ2) is 10.6. The van der Waals surface area contributed by atoms with Gasteiger partial charge in [-0.2, -0.15) is 0 Å². The van der Waals surface area contributed by atoms with Gasteiger partial charge in [-0.1, -0.05) is 127 Å². The lowest BCUT2D eigenvalue weighted by atomic mass is 9.84. The molecule has 0 radical (unpaired) electrons. The summed E-state index contributed by atoms with van der Waals surface area (Å²) in [5.74, 6) is 0.332. The average Bonchev–Trinajstić information content (AvgIpc) is 2.99. The Morgan fingerprint density at radius 3 is 1.76 bits per heavy atom. The van der Waals surface area contributed by atoms with Crippen LogP contribution in [0.4, 0.5) is 5.69 Å². The molecule has 2 atom stereocenters. The topological polar surface area (TPSA) is 3.24 Å². The molecule has 0 aliphatic heterocycles. The summed E-state index contributed by atoms with van der Waals surface area (Å²) in [5.41, 5.74) is 6.52. The Hall–Kier alpha value is -4.36. The van der Waals surface area contributed by atoms with Crippen molar-refractivity contribution in [1.82, 2.24) is 0 Å².